The number of hydrogen-bond donors (Lipinski definition) is 0. The lowest BCUT2D eigenvalue weighted by Crippen LogP contribution is -2.53. The predicted molar refractivity (Wildman–Crippen MR) is 87.2 cm³/mol. The molecule has 0 saturated heterocycles. The first-order valence-corrected chi connectivity index (χ1v) is 10.9. The summed E-state index contributed by atoms with van der Waals surface area (Å²) in [6.45, 7) is 10.8. The van der Waals surface area contributed by atoms with E-state index in [-0.39, 0.29) is 0 Å². The normalized spacial score (nSPS) is 35.4. The van der Waals surface area contributed by atoms with E-state index in [1.54, 1.807) is 0 Å². The first-order chi connectivity index (χ1) is 9.64. The fraction of sp³-hybridized carbons (Fsp3) is 1.00. The molecule has 0 aromatic heterocycles. The van der Waals surface area contributed by atoms with Gasteiger partial charge >= 0.3 is 8.56 Å². The van der Waals surface area contributed by atoms with E-state index < -0.39 is 8.56 Å². The lowest BCUT2D eigenvalue weighted by molar-refractivity contribution is 0.145. The monoisotopic (exact) mass is 298 g/mol. The predicted octanol–water partition coefficient (Wildman–Crippen LogP) is 5.27. The molecule has 0 aliphatic heterocycles. The summed E-state index contributed by atoms with van der Waals surface area (Å²) in [5, 5.41) is 0. The summed E-state index contributed by atoms with van der Waals surface area (Å²) in [5.74, 6) is 1.71. The van der Waals surface area contributed by atoms with Crippen LogP contribution in [0.5, 0.6) is 0 Å². The van der Waals surface area contributed by atoms with Crippen molar-refractivity contribution in [3.8, 4) is 0 Å². The Hall–Kier alpha value is 0.137. The minimum Gasteiger partial charge on any atom is -0.394 e. The third-order valence-corrected chi connectivity index (χ3v) is 10.8. The maximum atomic E-state index is 6.52. The zero-order valence-electron chi connectivity index (χ0n) is 14.0. The van der Waals surface area contributed by atoms with Crippen LogP contribution in [-0.2, 0) is 8.85 Å². The Labute approximate surface area is 126 Å². The van der Waals surface area contributed by atoms with E-state index in [1.165, 1.54) is 44.9 Å². The average molecular weight is 299 g/mol. The second-order valence-electron chi connectivity index (χ2n) is 7.06. The maximum absolute atomic E-state index is 6.52. The summed E-state index contributed by atoms with van der Waals surface area (Å²) in [4.78, 5) is 0. The van der Waals surface area contributed by atoms with E-state index in [0.29, 0.717) is 0 Å². The smallest absolute Gasteiger partial charge is 0.344 e. The van der Waals surface area contributed by atoms with Gasteiger partial charge in [-0.25, -0.2) is 0 Å². The van der Waals surface area contributed by atoms with Crippen LogP contribution < -0.4 is 0 Å². The Kier molecular flexibility index (Phi) is 6.12. The average Bonchev–Trinajstić information content (AvgIpc) is 2.86. The first-order valence-electron chi connectivity index (χ1n) is 8.91. The second-order valence-corrected chi connectivity index (χ2v) is 10.6. The molecule has 2 fully saturated rings. The van der Waals surface area contributed by atoms with Crippen molar-refractivity contribution >= 4 is 8.56 Å². The van der Waals surface area contributed by atoms with Gasteiger partial charge in [0, 0.05) is 24.3 Å². The summed E-state index contributed by atoms with van der Waals surface area (Å²) in [6.07, 6.45) is 9.54. The molecule has 0 amide bonds. The molecule has 2 aliphatic rings. The molecule has 2 atom stereocenters. The van der Waals surface area contributed by atoms with Gasteiger partial charge in [-0.3, -0.25) is 0 Å². The highest BCUT2D eigenvalue weighted by Gasteiger charge is 2.55. The van der Waals surface area contributed by atoms with Crippen molar-refractivity contribution in [1.29, 1.82) is 0 Å². The Balaban J connectivity index is 2.21. The quantitative estimate of drug-likeness (QED) is 0.622. The SMILES string of the molecule is CCO[Si](OCC)(C1CCC(C)CC1)C1CCCC1C. The van der Waals surface area contributed by atoms with Crippen molar-refractivity contribution in [3.63, 3.8) is 0 Å². The van der Waals surface area contributed by atoms with Crippen LogP contribution in [0.25, 0.3) is 0 Å². The van der Waals surface area contributed by atoms with Gasteiger partial charge in [-0.15, -0.1) is 0 Å². The molecule has 0 radical (unpaired) electrons. The van der Waals surface area contributed by atoms with E-state index in [4.69, 9.17) is 8.85 Å². The van der Waals surface area contributed by atoms with Gasteiger partial charge in [-0.05, 0) is 44.9 Å². The largest absolute Gasteiger partial charge is 0.394 e. The lowest BCUT2D eigenvalue weighted by Gasteiger charge is -2.45. The van der Waals surface area contributed by atoms with Gasteiger partial charge in [0.1, 0.15) is 0 Å². The van der Waals surface area contributed by atoms with Gasteiger partial charge in [0.05, 0.1) is 0 Å². The molecule has 0 bridgehead atoms. The molecular formula is C17H34O2Si. The van der Waals surface area contributed by atoms with Gasteiger partial charge in [-0.1, -0.05) is 39.5 Å². The van der Waals surface area contributed by atoms with E-state index in [2.05, 4.69) is 27.7 Å². The van der Waals surface area contributed by atoms with Crippen LogP contribution in [0.1, 0.15) is 72.6 Å². The molecule has 2 aliphatic carbocycles. The molecule has 0 aromatic carbocycles. The van der Waals surface area contributed by atoms with Crippen molar-refractivity contribution in [2.75, 3.05) is 13.2 Å². The minimum absolute atomic E-state index is 0.737. The van der Waals surface area contributed by atoms with Crippen molar-refractivity contribution in [3.05, 3.63) is 0 Å². The van der Waals surface area contributed by atoms with E-state index in [0.717, 1.165) is 36.1 Å². The van der Waals surface area contributed by atoms with Crippen molar-refractivity contribution in [1.82, 2.24) is 0 Å². The van der Waals surface area contributed by atoms with Crippen molar-refractivity contribution < 1.29 is 8.85 Å². The molecule has 0 spiro atoms. The summed E-state index contributed by atoms with van der Waals surface area (Å²) < 4.78 is 13.0. The minimum atomic E-state index is -2.05. The highest BCUT2D eigenvalue weighted by atomic mass is 28.4. The molecule has 0 N–H and O–H groups in total. The fourth-order valence-electron chi connectivity index (χ4n) is 4.65. The van der Waals surface area contributed by atoms with Gasteiger partial charge in [0.15, 0.2) is 0 Å². The molecule has 0 heterocycles. The lowest BCUT2D eigenvalue weighted by atomic mass is 9.90. The number of hydrogen-bond acceptors (Lipinski definition) is 2. The maximum Gasteiger partial charge on any atom is 0.344 e. The van der Waals surface area contributed by atoms with E-state index in [9.17, 15) is 0 Å². The van der Waals surface area contributed by atoms with Crippen LogP contribution in [0.2, 0.25) is 11.1 Å². The van der Waals surface area contributed by atoms with Gasteiger partial charge in [-0.2, -0.15) is 0 Å². The van der Waals surface area contributed by atoms with Crippen LogP contribution in [0, 0.1) is 11.8 Å². The summed E-state index contributed by atoms with van der Waals surface area (Å²) in [6, 6.07) is 0. The zero-order chi connectivity index (χ0) is 14.6. The Morgan fingerprint density at radius 2 is 1.45 bits per heavy atom. The van der Waals surface area contributed by atoms with Crippen molar-refractivity contribution in [2.24, 2.45) is 11.8 Å². The topological polar surface area (TPSA) is 18.5 Å². The number of rotatable bonds is 6. The molecule has 2 unspecified atom stereocenters. The molecule has 2 rings (SSSR count). The molecule has 3 heteroatoms. The van der Waals surface area contributed by atoms with Crippen LogP contribution in [0.4, 0.5) is 0 Å². The van der Waals surface area contributed by atoms with Gasteiger partial charge < -0.3 is 8.85 Å². The third-order valence-electron chi connectivity index (χ3n) is 5.70. The van der Waals surface area contributed by atoms with Crippen LogP contribution in [0.15, 0.2) is 0 Å². The zero-order valence-corrected chi connectivity index (χ0v) is 15.0. The third kappa shape index (κ3) is 3.31. The highest BCUT2D eigenvalue weighted by Crippen LogP contribution is 2.52. The van der Waals surface area contributed by atoms with Crippen LogP contribution in [0.3, 0.4) is 0 Å². The Morgan fingerprint density at radius 3 is 1.90 bits per heavy atom. The summed E-state index contributed by atoms with van der Waals surface area (Å²) >= 11 is 0. The summed E-state index contributed by atoms with van der Waals surface area (Å²) in [5.41, 5.74) is 1.48. The highest BCUT2D eigenvalue weighted by molar-refractivity contribution is 6.70. The standard InChI is InChI=1S/C17H34O2Si/c1-5-18-20(19-6-2,17-9-7-8-15(17)4)16-12-10-14(3)11-13-16/h14-17H,5-13H2,1-4H3. The molecule has 2 saturated carbocycles. The molecule has 20 heavy (non-hydrogen) atoms. The van der Waals surface area contributed by atoms with Gasteiger partial charge in [0.25, 0.3) is 0 Å². The summed E-state index contributed by atoms with van der Waals surface area (Å²) in [7, 11) is -2.05. The fourth-order valence-corrected chi connectivity index (χ4v) is 9.85. The molecule has 2 nitrogen and oxygen atoms in total. The van der Waals surface area contributed by atoms with Gasteiger partial charge in [0.2, 0.25) is 0 Å². The van der Waals surface area contributed by atoms with E-state index in [1.807, 2.05) is 0 Å². The first kappa shape index (κ1) is 16.5. The van der Waals surface area contributed by atoms with Crippen molar-refractivity contribution in [2.45, 2.75) is 83.7 Å². The molecular weight excluding hydrogens is 264 g/mol. The Bertz CT molecular complexity index is 281. The van der Waals surface area contributed by atoms with Crippen LogP contribution >= 0.6 is 0 Å². The second kappa shape index (κ2) is 7.41. The Morgan fingerprint density at radius 1 is 0.850 bits per heavy atom. The molecule has 118 valence electrons. The van der Waals surface area contributed by atoms with E-state index >= 15 is 0 Å². The van der Waals surface area contributed by atoms with Crippen LogP contribution in [-0.4, -0.2) is 21.8 Å². The molecule has 0 aromatic rings.